The first kappa shape index (κ1) is 17.2. The van der Waals surface area contributed by atoms with E-state index >= 15 is 0 Å². The van der Waals surface area contributed by atoms with Gasteiger partial charge in [-0.3, -0.25) is 4.90 Å². The van der Waals surface area contributed by atoms with Crippen molar-refractivity contribution in [3.05, 3.63) is 23.4 Å². The molecule has 0 atom stereocenters. The van der Waals surface area contributed by atoms with Gasteiger partial charge in [0, 0.05) is 12.2 Å². The predicted octanol–water partition coefficient (Wildman–Crippen LogP) is 3.28. The van der Waals surface area contributed by atoms with E-state index < -0.39 is 0 Å². The molecular weight excluding hydrogens is 224 g/mol. The maximum atomic E-state index is 5.79. The van der Waals surface area contributed by atoms with Gasteiger partial charge in [0.05, 0.1) is 12.3 Å². The molecule has 0 aromatic carbocycles. The molecule has 0 saturated heterocycles. The largest absolute Gasteiger partial charge is 0.402 e. The Balaban J connectivity index is 4.08. The lowest BCUT2D eigenvalue weighted by Gasteiger charge is -2.26. The van der Waals surface area contributed by atoms with Gasteiger partial charge in [0.1, 0.15) is 0 Å². The van der Waals surface area contributed by atoms with Gasteiger partial charge in [-0.25, -0.2) is 0 Å². The van der Waals surface area contributed by atoms with Crippen molar-refractivity contribution in [2.45, 2.75) is 53.6 Å². The fourth-order valence-corrected chi connectivity index (χ4v) is 1.29. The average Bonchev–Trinajstić information content (AvgIpc) is 2.25. The van der Waals surface area contributed by atoms with Crippen LogP contribution in [0.4, 0.5) is 0 Å². The minimum absolute atomic E-state index is 0.0717. The van der Waals surface area contributed by atoms with E-state index in [1.807, 2.05) is 13.0 Å². The van der Waals surface area contributed by atoms with Gasteiger partial charge in [-0.1, -0.05) is 18.6 Å². The lowest BCUT2D eigenvalue weighted by atomic mass is 10.2. The van der Waals surface area contributed by atoms with Crippen molar-refractivity contribution in [3.8, 4) is 0 Å². The summed E-state index contributed by atoms with van der Waals surface area (Å²) < 4.78 is 5.79. The summed E-state index contributed by atoms with van der Waals surface area (Å²) in [4.78, 5) is 2.31. The molecule has 0 amide bonds. The van der Waals surface area contributed by atoms with Crippen LogP contribution in [0.1, 0.15) is 48.0 Å². The Morgan fingerprint density at radius 3 is 2.28 bits per heavy atom. The summed E-state index contributed by atoms with van der Waals surface area (Å²) in [6.07, 6.45) is 5.09. The normalized spacial score (nSPS) is 14.4. The third-order valence-electron chi connectivity index (χ3n) is 2.58. The van der Waals surface area contributed by atoms with Crippen molar-refractivity contribution in [1.29, 1.82) is 0 Å². The maximum absolute atomic E-state index is 5.79. The average molecular weight is 254 g/mol. The summed E-state index contributed by atoms with van der Waals surface area (Å²) in [5.41, 5.74) is 7.72. The number of allylic oxidation sites excluding steroid dienone is 3. The van der Waals surface area contributed by atoms with E-state index in [1.54, 1.807) is 0 Å². The monoisotopic (exact) mass is 254 g/mol. The number of nitrogens with zero attached hydrogens (tertiary/aromatic N) is 1. The number of ether oxygens (including phenoxy) is 1. The van der Waals surface area contributed by atoms with E-state index in [0.717, 1.165) is 25.2 Å². The van der Waals surface area contributed by atoms with E-state index in [9.17, 15) is 0 Å². The smallest absolute Gasteiger partial charge is 0.0997 e. The molecule has 18 heavy (non-hydrogen) atoms. The molecule has 0 aromatic heterocycles. The summed E-state index contributed by atoms with van der Waals surface area (Å²) in [6.45, 7) is 15.2. The molecule has 0 aromatic rings. The molecule has 0 radical (unpaired) electrons. The Hall–Kier alpha value is -0.800. The number of hydrogen-bond donors (Lipinski definition) is 1. The molecule has 3 nitrogen and oxygen atoms in total. The van der Waals surface area contributed by atoms with Crippen molar-refractivity contribution in [3.63, 3.8) is 0 Å². The molecule has 0 aliphatic carbocycles. The Morgan fingerprint density at radius 2 is 1.83 bits per heavy atom. The molecule has 0 heterocycles. The zero-order valence-corrected chi connectivity index (χ0v) is 12.9. The van der Waals surface area contributed by atoms with Gasteiger partial charge in [-0.2, -0.15) is 0 Å². The second-order valence-electron chi connectivity index (χ2n) is 5.77. The fourth-order valence-electron chi connectivity index (χ4n) is 1.29. The lowest BCUT2D eigenvalue weighted by molar-refractivity contribution is -0.0616. The van der Waals surface area contributed by atoms with Gasteiger partial charge >= 0.3 is 0 Å². The van der Waals surface area contributed by atoms with Crippen LogP contribution < -0.4 is 5.73 Å². The molecular formula is C15H30N2O. The van der Waals surface area contributed by atoms with Crippen molar-refractivity contribution in [1.82, 2.24) is 4.90 Å². The lowest BCUT2D eigenvalue weighted by Crippen LogP contribution is -2.32. The highest BCUT2D eigenvalue weighted by Gasteiger charge is 2.12. The zero-order chi connectivity index (χ0) is 14.2. The maximum Gasteiger partial charge on any atom is 0.0997 e. The third kappa shape index (κ3) is 10.4. The van der Waals surface area contributed by atoms with Crippen LogP contribution >= 0.6 is 0 Å². The second kappa shape index (κ2) is 8.33. The number of nitrogens with two attached hydrogens (primary N) is 1. The number of rotatable bonds is 7. The quantitative estimate of drug-likeness (QED) is 0.560. The Morgan fingerprint density at radius 1 is 1.22 bits per heavy atom. The van der Waals surface area contributed by atoms with Crippen LogP contribution in [0.2, 0.25) is 0 Å². The van der Waals surface area contributed by atoms with Crippen molar-refractivity contribution in [2.75, 3.05) is 19.8 Å². The molecule has 0 saturated carbocycles. The molecule has 0 unspecified atom stereocenters. The molecule has 0 spiro atoms. The van der Waals surface area contributed by atoms with Crippen molar-refractivity contribution >= 4 is 0 Å². The van der Waals surface area contributed by atoms with Crippen LogP contribution in [-0.4, -0.2) is 30.3 Å². The first-order valence-electron chi connectivity index (χ1n) is 6.70. The van der Waals surface area contributed by atoms with Crippen LogP contribution in [0, 0.1) is 0 Å². The van der Waals surface area contributed by atoms with Gasteiger partial charge in [-0.15, -0.1) is 0 Å². The highest BCUT2D eigenvalue weighted by molar-refractivity contribution is 5.13. The number of hydrogen-bond acceptors (Lipinski definition) is 3. The summed E-state index contributed by atoms with van der Waals surface area (Å²) in [7, 11) is 0. The van der Waals surface area contributed by atoms with E-state index in [0.29, 0.717) is 6.73 Å². The molecule has 106 valence electrons. The SMILES string of the molecule is CCN(CC/C(C)=C/C=C(\C)N)COC(C)(C)C. The highest BCUT2D eigenvalue weighted by Crippen LogP contribution is 2.09. The molecule has 2 N–H and O–H groups in total. The van der Waals surface area contributed by atoms with Crippen LogP contribution in [-0.2, 0) is 4.74 Å². The topological polar surface area (TPSA) is 38.5 Å². The van der Waals surface area contributed by atoms with E-state index in [-0.39, 0.29) is 5.60 Å². The van der Waals surface area contributed by atoms with E-state index in [2.05, 4.69) is 45.6 Å². The van der Waals surface area contributed by atoms with Crippen LogP contribution in [0.3, 0.4) is 0 Å². The highest BCUT2D eigenvalue weighted by atomic mass is 16.5. The summed E-state index contributed by atoms with van der Waals surface area (Å²) in [5.74, 6) is 0. The van der Waals surface area contributed by atoms with Gasteiger partial charge < -0.3 is 10.5 Å². The summed E-state index contributed by atoms with van der Waals surface area (Å²) in [5, 5.41) is 0. The molecule has 0 aliphatic rings. The first-order valence-corrected chi connectivity index (χ1v) is 6.70. The second-order valence-corrected chi connectivity index (χ2v) is 5.77. The zero-order valence-electron chi connectivity index (χ0n) is 12.9. The van der Waals surface area contributed by atoms with Gasteiger partial charge in [0.25, 0.3) is 0 Å². The van der Waals surface area contributed by atoms with Crippen molar-refractivity contribution < 1.29 is 4.74 Å². The summed E-state index contributed by atoms with van der Waals surface area (Å²) in [6, 6.07) is 0. The molecule has 3 heteroatoms. The Kier molecular flexibility index (Phi) is 7.96. The predicted molar refractivity (Wildman–Crippen MR) is 79.3 cm³/mol. The van der Waals surface area contributed by atoms with Gasteiger partial charge in [0.2, 0.25) is 0 Å². The van der Waals surface area contributed by atoms with Gasteiger partial charge in [0.15, 0.2) is 0 Å². The minimum atomic E-state index is -0.0717. The standard InChI is InChI=1S/C15H30N2O/c1-7-17(12-18-15(4,5)6)11-10-13(2)8-9-14(3)16/h8-9H,7,10-12,16H2,1-6H3/b13-8+,14-9+. The fraction of sp³-hybridized carbons (Fsp3) is 0.733. The molecule has 0 bridgehead atoms. The van der Waals surface area contributed by atoms with E-state index in [1.165, 1.54) is 5.57 Å². The third-order valence-corrected chi connectivity index (χ3v) is 2.58. The minimum Gasteiger partial charge on any atom is -0.402 e. The van der Waals surface area contributed by atoms with Gasteiger partial charge in [-0.05, 0) is 53.7 Å². The molecule has 0 aliphatic heterocycles. The summed E-state index contributed by atoms with van der Waals surface area (Å²) >= 11 is 0. The Labute approximate surface area is 113 Å². The molecule has 0 rings (SSSR count). The Bertz CT molecular complexity index is 283. The van der Waals surface area contributed by atoms with E-state index in [4.69, 9.17) is 10.5 Å². The van der Waals surface area contributed by atoms with Crippen LogP contribution in [0.15, 0.2) is 23.4 Å². The molecule has 0 fully saturated rings. The first-order chi connectivity index (χ1) is 8.24. The van der Waals surface area contributed by atoms with Crippen molar-refractivity contribution in [2.24, 2.45) is 5.73 Å². The van der Waals surface area contributed by atoms with Crippen LogP contribution in [0.5, 0.6) is 0 Å². The van der Waals surface area contributed by atoms with Crippen LogP contribution in [0.25, 0.3) is 0 Å².